The summed E-state index contributed by atoms with van der Waals surface area (Å²) in [6.07, 6.45) is 5.47. The van der Waals surface area contributed by atoms with Crippen molar-refractivity contribution in [2.45, 2.75) is 55.7 Å². The lowest BCUT2D eigenvalue weighted by Crippen LogP contribution is -2.57. The van der Waals surface area contributed by atoms with Gasteiger partial charge in [-0.25, -0.2) is 0 Å². The molecule has 3 aliphatic rings. The minimum absolute atomic E-state index is 0.00110. The van der Waals surface area contributed by atoms with Crippen molar-refractivity contribution in [3.05, 3.63) is 61.2 Å². The molecule has 3 unspecified atom stereocenters. The van der Waals surface area contributed by atoms with Gasteiger partial charge in [0.1, 0.15) is 6.04 Å². The molecule has 0 aromatic heterocycles. The molecule has 1 N–H and O–H groups in total. The van der Waals surface area contributed by atoms with E-state index in [-0.39, 0.29) is 35.5 Å². The summed E-state index contributed by atoms with van der Waals surface area (Å²) in [6.45, 7) is 13.9. The van der Waals surface area contributed by atoms with Gasteiger partial charge in [-0.05, 0) is 30.7 Å². The van der Waals surface area contributed by atoms with Gasteiger partial charge in [0.25, 0.3) is 0 Å². The van der Waals surface area contributed by atoms with Gasteiger partial charge in [0, 0.05) is 44.6 Å². The summed E-state index contributed by atoms with van der Waals surface area (Å²) in [5.74, 6) is -1.12. The van der Waals surface area contributed by atoms with E-state index in [0.29, 0.717) is 39.1 Å². The molecule has 1 aromatic carbocycles. The van der Waals surface area contributed by atoms with Gasteiger partial charge in [0.15, 0.2) is 0 Å². The first-order valence-electron chi connectivity index (χ1n) is 13.8. The Hall–Kier alpha value is -2.58. The van der Waals surface area contributed by atoms with Crippen LogP contribution in [0.15, 0.2) is 55.6 Å². The SMILES string of the molecule is C=CCN(Cc1ccccc1)C(=O)C1N(CCCO)C(=O)[C@@H]2[C@@H](C(=O)N(CC=C)CCC)[C@H]3CC(C)C12S3. The second-order valence-corrected chi connectivity index (χ2v) is 12.3. The van der Waals surface area contributed by atoms with Crippen LogP contribution in [0.3, 0.4) is 0 Å². The number of aliphatic hydroxyl groups is 1. The van der Waals surface area contributed by atoms with Gasteiger partial charge in [-0.2, -0.15) is 0 Å². The number of rotatable bonds is 13. The van der Waals surface area contributed by atoms with Crippen molar-refractivity contribution in [2.75, 3.05) is 32.8 Å². The maximum absolute atomic E-state index is 14.4. The molecule has 206 valence electrons. The van der Waals surface area contributed by atoms with Gasteiger partial charge in [0.2, 0.25) is 17.7 Å². The maximum atomic E-state index is 14.4. The van der Waals surface area contributed by atoms with E-state index in [1.165, 1.54) is 0 Å². The van der Waals surface area contributed by atoms with Crippen molar-refractivity contribution in [3.63, 3.8) is 0 Å². The number of carbonyl (C=O) groups excluding carboxylic acids is 3. The Morgan fingerprint density at radius 2 is 1.84 bits per heavy atom. The van der Waals surface area contributed by atoms with E-state index in [9.17, 15) is 19.5 Å². The topological polar surface area (TPSA) is 81.2 Å². The Labute approximate surface area is 230 Å². The number of hydrogen-bond donors (Lipinski definition) is 1. The van der Waals surface area contributed by atoms with Crippen molar-refractivity contribution >= 4 is 29.5 Å². The maximum Gasteiger partial charge on any atom is 0.247 e. The molecule has 0 radical (unpaired) electrons. The average Bonchev–Trinajstić information content (AvgIpc) is 3.50. The Morgan fingerprint density at radius 3 is 2.47 bits per heavy atom. The first-order chi connectivity index (χ1) is 18.3. The molecule has 1 spiro atoms. The van der Waals surface area contributed by atoms with E-state index in [4.69, 9.17) is 0 Å². The van der Waals surface area contributed by atoms with Crippen LogP contribution < -0.4 is 0 Å². The molecule has 6 atom stereocenters. The van der Waals surface area contributed by atoms with Crippen molar-refractivity contribution in [3.8, 4) is 0 Å². The number of nitrogens with zero attached hydrogens (tertiary/aromatic N) is 3. The van der Waals surface area contributed by atoms with E-state index >= 15 is 0 Å². The molecule has 3 aliphatic heterocycles. The summed E-state index contributed by atoms with van der Waals surface area (Å²) in [5.41, 5.74) is 1.01. The molecule has 3 amide bonds. The predicted molar refractivity (Wildman–Crippen MR) is 151 cm³/mol. The molecule has 1 aromatic rings. The second kappa shape index (κ2) is 12.1. The number of aliphatic hydroxyl groups excluding tert-OH is 1. The van der Waals surface area contributed by atoms with Gasteiger partial charge in [-0.1, -0.05) is 56.3 Å². The number of benzene rings is 1. The zero-order valence-electron chi connectivity index (χ0n) is 22.6. The van der Waals surface area contributed by atoms with Gasteiger partial charge < -0.3 is 19.8 Å². The summed E-state index contributed by atoms with van der Waals surface area (Å²) in [7, 11) is 0. The quantitative estimate of drug-likeness (QED) is 0.389. The fourth-order valence-corrected chi connectivity index (χ4v) is 9.26. The van der Waals surface area contributed by atoms with Crippen LogP contribution in [-0.2, 0) is 20.9 Å². The molecule has 3 fully saturated rings. The molecular formula is C30H41N3O4S. The van der Waals surface area contributed by atoms with Crippen LogP contribution in [0.2, 0.25) is 0 Å². The molecule has 3 heterocycles. The van der Waals surface area contributed by atoms with Crippen LogP contribution in [-0.4, -0.2) is 86.4 Å². The lowest BCUT2D eigenvalue weighted by molar-refractivity contribution is -0.145. The van der Waals surface area contributed by atoms with E-state index in [1.807, 2.05) is 42.2 Å². The van der Waals surface area contributed by atoms with Gasteiger partial charge in [-0.3, -0.25) is 14.4 Å². The first kappa shape index (κ1) is 28.4. The monoisotopic (exact) mass is 539 g/mol. The molecule has 38 heavy (non-hydrogen) atoms. The van der Waals surface area contributed by atoms with E-state index in [1.54, 1.807) is 33.7 Å². The highest BCUT2D eigenvalue weighted by atomic mass is 32.2. The van der Waals surface area contributed by atoms with Crippen LogP contribution in [0.25, 0.3) is 0 Å². The smallest absolute Gasteiger partial charge is 0.247 e. The first-order valence-corrected chi connectivity index (χ1v) is 14.7. The Bertz CT molecular complexity index is 1050. The molecule has 0 aliphatic carbocycles. The number of thioether (sulfide) groups is 1. The average molecular weight is 540 g/mol. The summed E-state index contributed by atoms with van der Waals surface area (Å²) in [6, 6.07) is 9.14. The van der Waals surface area contributed by atoms with E-state index in [2.05, 4.69) is 20.1 Å². The Kier molecular flexibility index (Phi) is 9.04. The zero-order valence-corrected chi connectivity index (χ0v) is 23.4. The van der Waals surface area contributed by atoms with Crippen molar-refractivity contribution in [1.29, 1.82) is 0 Å². The molecule has 0 saturated carbocycles. The molecule has 7 nitrogen and oxygen atoms in total. The third-order valence-corrected chi connectivity index (χ3v) is 10.4. The van der Waals surface area contributed by atoms with Crippen molar-refractivity contribution < 1.29 is 19.5 Å². The lowest BCUT2D eigenvalue weighted by atomic mass is 9.65. The largest absolute Gasteiger partial charge is 0.396 e. The van der Waals surface area contributed by atoms with Crippen LogP contribution >= 0.6 is 11.8 Å². The number of fused-ring (bicyclic) bond motifs is 1. The molecule has 8 heteroatoms. The normalized spacial score (nSPS) is 29.3. The van der Waals surface area contributed by atoms with E-state index in [0.717, 1.165) is 18.4 Å². The second-order valence-electron chi connectivity index (χ2n) is 10.7. The van der Waals surface area contributed by atoms with E-state index < -0.39 is 22.6 Å². The third-order valence-electron chi connectivity index (χ3n) is 8.35. The highest BCUT2D eigenvalue weighted by Crippen LogP contribution is 2.68. The van der Waals surface area contributed by atoms with Crippen LogP contribution in [0, 0.1) is 17.8 Å². The Morgan fingerprint density at radius 1 is 1.16 bits per heavy atom. The van der Waals surface area contributed by atoms with Crippen LogP contribution in [0.1, 0.15) is 38.7 Å². The summed E-state index contributed by atoms with van der Waals surface area (Å²) < 4.78 is -0.670. The Balaban J connectivity index is 1.74. The minimum atomic E-state index is -0.683. The highest BCUT2D eigenvalue weighted by Gasteiger charge is 2.76. The standard InChI is InChI=1S/C30H41N3O4S/c1-5-14-31(15-6-2)27(35)24-23-19-21(4)30(38-23)25(24)28(36)33(17-11-18-34)26(30)29(37)32(16-7-3)20-22-12-9-8-10-13-22/h5,7-10,12-13,21,23-26,34H,1,3,6,11,14-20H2,2,4H3/t21?,23-,24+,25+,26?,30?/m1/s1. The number of amides is 3. The zero-order chi connectivity index (χ0) is 27.4. The predicted octanol–water partition coefficient (Wildman–Crippen LogP) is 3.35. The number of carbonyl (C=O) groups is 3. The molecular weight excluding hydrogens is 498 g/mol. The number of likely N-dealkylation sites (tertiary alicyclic amines) is 1. The lowest BCUT2D eigenvalue weighted by Gasteiger charge is -2.41. The van der Waals surface area contributed by atoms with Gasteiger partial charge >= 0.3 is 0 Å². The molecule has 4 rings (SSSR count). The van der Waals surface area contributed by atoms with Crippen molar-refractivity contribution in [2.24, 2.45) is 17.8 Å². The molecule has 3 saturated heterocycles. The van der Waals surface area contributed by atoms with Gasteiger partial charge in [0.05, 0.1) is 16.6 Å². The van der Waals surface area contributed by atoms with Crippen molar-refractivity contribution in [1.82, 2.24) is 14.7 Å². The summed E-state index contributed by atoms with van der Waals surface area (Å²) >= 11 is 1.70. The summed E-state index contributed by atoms with van der Waals surface area (Å²) in [5, 5.41) is 9.63. The highest BCUT2D eigenvalue weighted by molar-refractivity contribution is 8.02. The fourth-order valence-electron chi connectivity index (χ4n) is 6.86. The minimum Gasteiger partial charge on any atom is -0.396 e. The third kappa shape index (κ3) is 4.81. The summed E-state index contributed by atoms with van der Waals surface area (Å²) in [4.78, 5) is 47.8. The number of hydrogen-bond acceptors (Lipinski definition) is 5. The van der Waals surface area contributed by atoms with Crippen LogP contribution in [0.4, 0.5) is 0 Å². The fraction of sp³-hybridized carbons (Fsp3) is 0.567. The van der Waals surface area contributed by atoms with Crippen LogP contribution in [0.5, 0.6) is 0 Å². The van der Waals surface area contributed by atoms with Gasteiger partial charge in [-0.15, -0.1) is 24.9 Å². The molecule has 2 bridgehead atoms.